The lowest BCUT2D eigenvalue weighted by Gasteiger charge is -2.19. The van der Waals surface area contributed by atoms with Crippen LogP contribution in [0.4, 0.5) is 5.69 Å². The van der Waals surface area contributed by atoms with Gasteiger partial charge >= 0.3 is 0 Å². The number of hydrogen-bond acceptors (Lipinski definition) is 2. The fourth-order valence-electron chi connectivity index (χ4n) is 2.96. The minimum absolute atomic E-state index is 0.118. The maximum absolute atomic E-state index is 12.6. The Morgan fingerprint density at radius 3 is 2.64 bits per heavy atom. The molecular weight excluding hydrogens is 359 g/mol. The topological polar surface area (TPSA) is 49.4 Å². The Labute approximate surface area is 156 Å². The molecule has 1 N–H and O–H groups in total. The van der Waals surface area contributed by atoms with Crippen LogP contribution in [0.15, 0.2) is 48.5 Å². The van der Waals surface area contributed by atoms with Crippen LogP contribution in [0.2, 0.25) is 10.0 Å². The number of benzene rings is 2. The first kappa shape index (κ1) is 17.8. The van der Waals surface area contributed by atoms with E-state index in [1.165, 1.54) is 4.90 Å². The van der Waals surface area contributed by atoms with Crippen molar-refractivity contribution in [3.05, 3.63) is 64.1 Å². The Morgan fingerprint density at radius 1 is 1.20 bits per heavy atom. The molecule has 2 amide bonds. The monoisotopic (exact) mass is 376 g/mol. The molecule has 4 nitrogen and oxygen atoms in total. The molecule has 6 heteroatoms. The van der Waals surface area contributed by atoms with Crippen molar-refractivity contribution in [1.82, 2.24) is 5.32 Å². The highest BCUT2D eigenvalue weighted by Crippen LogP contribution is 2.33. The first-order chi connectivity index (χ1) is 12.0. The summed E-state index contributed by atoms with van der Waals surface area (Å²) in [4.78, 5) is 26.4. The van der Waals surface area contributed by atoms with Crippen molar-refractivity contribution in [3.63, 3.8) is 0 Å². The van der Waals surface area contributed by atoms with Gasteiger partial charge in [0.15, 0.2) is 0 Å². The van der Waals surface area contributed by atoms with E-state index in [9.17, 15) is 9.59 Å². The zero-order valence-electron chi connectivity index (χ0n) is 13.7. The van der Waals surface area contributed by atoms with Crippen LogP contribution < -0.4 is 10.2 Å². The average Bonchev–Trinajstić information content (AvgIpc) is 2.99. The van der Waals surface area contributed by atoms with Crippen molar-refractivity contribution in [1.29, 1.82) is 0 Å². The first-order valence-corrected chi connectivity index (χ1v) is 8.82. The summed E-state index contributed by atoms with van der Waals surface area (Å²) in [5.74, 6) is -0.671. The van der Waals surface area contributed by atoms with E-state index in [2.05, 4.69) is 5.32 Å². The van der Waals surface area contributed by atoms with E-state index in [1.54, 1.807) is 18.2 Å². The molecule has 0 unspecified atom stereocenters. The molecule has 0 spiro atoms. The van der Waals surface area contributed by atoms with Crippen molar-refractivity contribution in [2.75, 3.05) is 11.4 Å². The van der Waals surface area contributed by atoms with Crippen LogP contribution in [0, 0.1) is 5.92 Å². The molecule has 0 saturated carbocycles. The normalized spacial score (nSPS) is 18.3. The molecule has 0 radical (unpaired) electrons. The zero-order chi connectivity index (χ0) is 18.0. The van der Waals surface area contributed by atoms with Crippen LogP contribution >= 0.6 is 23.2 Å². The molecule has 2 aromatic carbocycles. The second-order valence-corrected chi connectivity index (χ2v) is 6.99. The second kappa shape index (κ2) is 7.46. The molecule has 0 aliphatic carbocycles. The standard InChI is InChI=1S/C19H18Cl2N2O2/c1-12(13-5-3-2-4-6-13)22-19(25)14-9-18(24)23(11-14)17-10-15(20)7-8-16(17)21/h2-8,10,12,14H,9,11H2,1H3,(H,22,25)/t12-,14+/m0/s1. The Balaban J connectivity index is 1.69. The highest BCUT2D eigenvalue weighted by atomic mass is 35.5. The maximum Gasteiger partial charge on any atom is 0.227 e. The average molecular weight is 377 g/mol. The summed E-state index contributed by atoms with van der Waals surface area (Å²) in [5, 5.41) is 3.92. The SMILES string of the molecule is C[C@H](NC(=O)[C@@H]1CC(=O)N(c2cc(Cl)ccc2Cl)C1)c1ccccc1. The number of carbonyl (C=O) groups is 2. The fourth-order valence-corrected chi connectivity index (χ4v) is 3.35. The van der Waals surface area contributed by atoms with Crippen molar-refractivity contribution < 1.29 is 9.59 Å². The summed E-state index contributed by atoms with van der Waals surface area (Å²) in [7, 11) is 0. The van der Waals surface area contributed by atoms with Gasteiger partial charge in [-0.15, -0.1) is 0 Å². The van der Waals surface area contributed by atoms with E-state index in [-0.39, 0.29) is 24.3 Å². The molecule has 0 aromatic heterocycles. The van der Waals surface area contributed by atoms with Crippen LogP contribution in [-0.4, -0.2) is 18.4 Å². The van der Waals surface area contributed by atoms with Gasteiger partial charge in [0, 0.05) is 18.0 Å². The van der Waals surface area contributed by atoms with E-state index in [4.69, 9.17) is 23.2 Å². The molecule has 1 heterocycles. The minimum atomic E-state index is -0.409. The molecule has 130 valence electrons. The lowest BCUT2D eigenvalue weighted by molar-refractivity contribution is -0.126. The molecule has 3 rings (SSSR count). The Hall–Kier alpha value is -2.04. The van der Waals surface area contributed by atoms with Gasteiger partial charge in [0.2, 0.25) is 11.8 Å². The van der Waals surface area contributed by atoms with Crippen LogP contribution in [0.5, 0.6) is 0 Å². The van der Waals surface area contributed by atoms with Crippen molar-refractivity contribution in [3.8, 4) is 0 Å². The van der Waals surface area contributed by atoms with Gasteiger partial charge in [-0.3, -0.25) is 9.59 Å². The molecule has 1 saturated heterocycles. The largest absolute Gasteiger partial charge is 0.349 e. The fraction of sp³-hybridized carbons (Fsp3) is 0.263. The molecule has 25 heavy (non-hydrogen) atoms. The van der Waals surface area contributed by atoms with Crippen molar-refractivity contribution >= 4 is 40.7 Å². The van der Waals surface area contributed by atoms with Gasteiger partial charge in [-0.25, -0.2) is 0 Å². The number of carbonyl (C=O) groups excluding carboxylic acids is 2. The number of amides is 2. The van der Waals surface area contributed by atoms with Gasteiger partial charge in [0.25, 0.3) is 0 Å². The smallest absolute Gasteiger partial charge is 0.227 e. The molecular formula is C19H18Cl2N2O2. The number of rotatable bonds is 4. The lowest BCUT2D eigenvalue weighted by atomic mass is 10.1. The minimum Gasteiger partial charge on any atom is -0.349 e. The maximum atomic E-state index is 12.6. The highest BCUT2D eigenvalue weighted by molar-refractivity contribution is 6.35. The summed E-state index contributed by atoms with van der Waals surface area (Å²) < 4.78 is 0. The second-order valence-electron chi connectivity index (χ2n) is 6.14. The Morgan fingerprint density at radius 2 is 1.92 bits per heavy atom. The van der Waals surface area contributed by atoms with Gasteiger partial charge in [0.1, 0.15) is 0 Å². The van der Waals surface area contributed by atoms with E-state index in [0.29, 0.717) is 22.3 Å². The zero-order valence-corrected chi connectivity index (χ0v) is 15.2. The van der Waals surface area contributed by atoms with Gasteiger partial charge in [0.05, 0.1) is 22.7 Å². The third kappa shape index (κ3) is 3.97. The number of anilines is 1. The summed E-state index contributed by atoms with van der Waals surface area (Å²) >= 11 is 12.2. The predicted molar refractivity (Wildman–Crippen MR) is 99.9 cm³/mol. The number of halogens is 2. The highest BCUT2D eigenvalue weighted by Gasteiger charge is 2.36. The van der Waals surface area contributed by atoms with E-state index in [1.807, 2.05) is 37.3 Å². The van der Waals surface area contributed by atoms with Crippen LogP contribution in [0.25, 0.3) is 0 Å². The van der Waals surface area contributed by atoms with Gasteiger partial charge in [-0.2, -0.15) is 0 Å². The molecule has 0 bridgehead atoms. The molecule has 1 aliphatic rings. The predicted octanol–water partition coefficient (Wildman–Crippen LogP) is 4.22. The van der Waals surface area contributed by atoms with Gasteiger partial charge in [-0.05, 0) is 30.7 Å². The Kier molecular flexibility index (Phi) is 5.30. The molecule has 1 fully saturated rings. The van der Waals surface area contributed by atoms with E-state index >= 15 is 0 Å². The quantitative estimate of drug-likeness (QED) is 0.867. The molecule has 2 aromatic rings. The summed E-state index contributed by atoms with van der Waals surface area (Å²) in [6, 6.07) is 14.6. The first-order valence-electron chi connectivity index (χ1n) is 8.06. The number of hydrogen-bond donors (Lipinski definition) is 1. The van der Waals surface area contributed by atoms with Crippen LogP contribution in [0.3, 0.4) is 0 Å². The number of nitrogens with zero attached hydrogens (tertiary/aromatic N) is 1. The lowest BCUT2D eigenvalue weighted by Crippen LogP contribution is -2.34. The third-order valence-electron chi connectivity index (χ3n) is 4.35. The third-order valence-corrected chi connectivity index (χ3v) is 4.91. The van der Waals surface area contributed by atoms with Crippen molar-refractivity contribution in [2.24, 2.45) is 5.92 Å². The van der Waals surface area contributed by atoms with Crippen LogP contribution in [-0.2, 0) is 9.59 Å². The summed E-state index contributed by atoms with van der Waals surface area (Å²) in [6.07, 6.45) is 0.163. The molecule has 1 aliphatic heterocycles. The molecule has 2 atom stereocenters. The van der Waals surface area contributed by atoms with Gasteiger partial charge < -0.3 is 10.2 Å². The summed E-state index contributed by atoms with van der Waals surface area (Å²) in [6.45, 7) is 2.22. The van der Waals surface area contributed by atoms with E-state index in [0.717, 1.165) is 5.56 Å². The van der Waals surface area contributed by atoms with Gasteiger partial charge in [-0.1, -0.05) is 53.5 Å². The summed E-state index contributed by atoms with van der Waals surface area (Å²) in [5.41, 5.74) is 1.57. The number of nitrogens with one attached hydrogen (secondary N) is 1. The van der Waals surface area contributed by atoms with Crippen LogP contribution in [0.1, 0.15) is 24.9 Å². The van der Waals surface area contributed by atoms with Crippen molar-refractivity contribution in [2.45, 2.75) is 19.4 Å². The Bertz CT molecular complexity index is 795. The van der Waals surface area contributed by atoms with E-state index < -0.39 is 5.92 Å².